The Hall–Kier alpha value is -0.970. The van der Waals surface area contributed by atoms with Gasteiger partial charge in [0.2, 0.25) is 0 Å². The van der Waals surface area contributed by atoms with E-state index < -0.39 is 6.23 Å². The molecule has 0 amide bonds. The third-order valence-electron chi connectivity index (χ3n) is 2.18. The standard InChI is InChI=1S/C12H25N3O7/c13-15-14-12(17)11-22-10-9-21-8-7-20-6-5-19-4-3-18-2-1-16/h12,16-17H,1-11H2. The van der Waals surface area contributed by atoms with Gasteiger partial charge in [0.25, 0.3) is 0 Å². The van der Waals surface area contributed by atoms with E-state index >= 15 is 0 Å². The molecule has 0 aliphatic carbocycles. The van der Waals surface area contributed by atoms with Crippen LogP contribution in [0, 0.1) is 0 Å². The number of rotatable bonds is 17. The van der Waals surface area contributed by atoms with Crippen LogP contribution in [0.25, 0.3) is 10.4 Å². The van der Waals surface area contributed by atoms with E-state index in [1.165, 1.54) is 0 Å². The van der Waals surface area contributed by atoms with Crippen molar-refractivity contribution in [3.8, 4) is 0 Å². The first-order valence-corrected chi connectivity index (χ1v) is 7.03. The maximum atomic E-state index is 9.02. The van der Waals surface area contributed by atoms with Crippen LogP contribution in [0.4, 0.5) is 0 Å². The number of hydrogen-bond donors (Lipinski definition) is 2. The van der Waals surface area contributed by atoms with Crippen LogP contribution < -0.4 is 0 Å². The first-order valence-electron chi connectivity index (χ1n) is 7.03. The Morgan fingerprint density at radius 2 is 1.18 bits per heavy atom. The van der Waals surface area contributed by atoms with Crippen molar-refractivity contribution in [2.75, 3.05) is 72.7 Å². The SMILES string of the molecule is [N-]=[N+]=NC(O)COCCOCCOCCOCCOCCO. The fourth-order valence-electron chi connectivity index (χ4n) is 1.23. The second kappa shape index (κ2) is 18.1. The van der Waals surface area contributed by atoms with Gasteiger partial charge in [-0.25, -0.2) is 0 Å². The van der Waals surface area contributed by atoms with E-state index in [9.17, 15) is 0 Å². The summed E-state index contributed by atoms with van der Waals surface area (Å²) >= 11 is 0. The molecule has 0 aliphatic rings. The van der Waals surface area contributed by atoms with Gasteiger partial charge in [-0.05, 0) is 5.53 Å². The number of hydrogen-bond acceptors (Lipinski definition) is 8. The molecule has 0 aromatic rings. The lowest BCUT2D eigenvalue weighted by Crippen LogP contribution is -2.16. The smallest absolute Gasteiger partial charge is 0.156 e. The summed E-state index contributed by atoms with van der Waals surface area (Å²) in [4.78, 5) is 2.44. The molecule has 10 nitrogen and oxygen atoms in total. The van der Waals surface area contributed by atoms with Crippen LogP contribution in [-0.2, 0) is 23.7 Å². The summed E-state index contributed by atoms with van der Waals surface area (Å²) in [5.74, 6) is 0. The third kappa shape index (κ3) is 17.1. The van der Waals surface area contributed by atoms with Crippen molar-refractivity contribution in [3.63, 3.8) is 0 Å². The van der Waals surface area contributed by atoms with Gasteiger partial charge in [0.05, 0.1) is 72.7 Å². The molecule has 0 fully saturated rings. The molecule has 0 aromatic carbocycles. The maximum absolute atomic E-state index is 9.02. The Labute approximate surface area is 129 Å². The van der Waals surface area contributed by atoms with Crippen molar-refractivity contribution in [2.24, 2.45) is 5.11 Å². The van der Waals surface area contributed by atoms with Crippen molar-refractivity contribution >= 4 is 0 Å². The van der Waals surface area contributed by atoms with E-state index in [1.54, 1.807) is 0 Å². The monoisotopic (exact) mass is 323 g/mol. The highest BCUT2D eigenvalue weighted by molar-refractivity contribution is 4.50. The fourth-order valence-corrected chi connectivity index (χ4v) is 1.23. The maximum Gasteiger partial charge on any atom is 0.156 e. The van der Waals surface area contributed by atoms with Crippen LogP contribution >= 0.6 is 0 Å². The van der Waals surface area contributed by atoms with Gasteiger partial charge < -0.3 is 33.9 Å². The predicted octanol–water partition coefficient (Wildman–Crippen LogP) is -0.310. The van der Waals surface area contributed by atoms with Crippen LogP contribution in [0.1, 0.15) is 0 Å². The van der Waals surface area contributed by atoms with Crippen molar-refractivity contribution in [2.45, 2.75) is 6.23 Å². The molecule has 0 aliphatic heterocycles. The first-order chi connectivity index (χ1) is 10.8. The number of nitrogens with zero attached hydrogens (tertiary/aromatic N) is 3. The van der Waals surface area contributed by atoms with Crippen LogP contribution in [0.15, 0.2) is 5.11 Å². The van der Waals surface area contributed by atoms with Gasteiger partial charge in [-0.2, -0.15) is 0 Å². The molecule has 0 saturated carbocycles. The number of aliphatic hydroxyl groups excluding tert-OH is 2. The lowest BCUT2D eigenvalue weighted by atomic mass is 10.6. The Kier molecular flexibility index (Phi) is 17.3. The van der Waals surface area contributed by atoms with Crippen molar-refractivity contribution in [1.82, 2.24) is 0 Å². The average Bonchev–Trinajstić information content (AvgIpc) is 2.51. The fraction of sp³-hybridized carbons (Fsp3) is 1.00. The highest BCUT2D eigenvalue weighted by Crippen LogP contribution is 1.88. The highest BCUT2D eigenvalue weighted by atomic mass is 16.6. The minimum atomic E-state index is -1.16. The molecule has 22 heavy (non-hydrogen) atoms. The number of azide groups is 1. The molecular formula is C12H25N3O7. The molecule has 0 rings (SSSR count). The van der Waals surface area contributed by atoms with Gasteiger partial charge in [-0.1, -0.05) is 5.11 Å². The lowest BCUT2D eigenvalue weighted by Gasteiger charge is -2.08. The largest absolute Gasteiger partial charge is 0.394 e. The molecule has 1 atom stereocenters. The first kappa shape index (κ1) is 21.0. The van der Waals surface area contributed by atoms with E-state index in [0.717, 1.165) is 0 Å². The van der Waals surface area contributed by atoms with Crippen molar-refractivity contribution < 1.29 is 33.9 Å². The van der Waals surface area contributed by atoms with Gasteiger partial charge in [0, 0.05) is 4.91 Å². The summed E-state index contributed by atoms with van der Waals surface area (Å²) in [7, 11) is 0. The molecule has 10 heteroatoms. The molecule has 0 spiro atoms. The molecule has 0 bridgehead atoms. The third-order valence-corrected chi connectivity index (χ3v) is 2.18. The predicted molar refractivity (Wildman–Crippen MR) is 76.3 cm³/mol. The topological polar surface area (TPSA) is 135 Å². The zero-order valence-electron chi connectivity index (χ0n) is 12.6. The molecule has 2 N–H and O–H groups in total. The quantitative estimate of drug-likeness (QED) is 0.162. The molecule has 130 valence electrons. The van der Waals surface area contributed by atoms with Gasteiger partial charge in [-0.15, -0.1) is 0 Å². The second-order valence-electron chi connectivity index (χ2n) is 3.93. The van der Waals surface area contributed by atoms with E-state index in [-0.39, 0.29) is 13.2 Å². The van der Waals surface area contributed by atoms with Gasteiger partial charge in [0.1, 0.15) is 0 Å². The van der Waals surface area contributed by atoms with E-state index in [0.29, 0.717) is 59.5 Å². The zero-order chi connectivity index (χ0) is 16.3. The van der Waals surface area contributed by atoms with Gasteiger partial charge >= 0.3 is 0 Å². The highest BCUT2D eigenvalue weighted by Gasteiger charge is 1.99. The normalized spacial score (nSPS) is 12.1. The van der Waals surface area contributed by atoms with Crippen molar-refractivity contribution in [1.29, 1.82) is 0 Å². The summed E-state index contributed by atoms with van der Waals surface area (Å²) in [6.45, 7) is 3.71. The average molecular weight is 323 g/mol. The molecule has 0 heterocycles. The summed E-state index contributed by atoms with van der Waals surface area (Å²) in [5, 5.41) is 20.5. The van der Waals surface area contributed by atoms with Crippen LogP contribution in [0.5, 0.6) is 0 Å². The van der Waals surface area contributed by atoms with E-state index in [1.807, 2.05) is 0 Å². The molecule has 0 saturated heterocycles. The zero-order valence-corrected chi connectivity index (χ0v) is 12.6. The van der Waals surface area contributed by atoms with Crippen LogP contribution in [0.2, 0.25) is 0 Å². The summed E-state index contributed by atoms with van der Waals surface area (Å²) in [6, 6.07) is 0. The lowest BCUT2D eigenvalue weighted by molar-refractivity contribution is -0.0212. The molecule has 1 unspecified atom stereocenters. The number of aliphatic hydroxyl groups is 2. The Balaban J connectivity index is 3.04. The molecular weight excluding hydrogens is 298 g/mol. The summed E-state index contributed by atoms with van der Waals surface area (Å²) in [5.41, 5.74) is 8.04. The van der Waals surface area contributed by atoms with E-state index in [4.69, 9.17) is 39.4 Å². The van der Waals surface area contributed by atoms with Crippen LogP contribution in [0.3, 0.4) is 0 Å². The van der Waals surface area contributed by atoms with Gasteiger partial charge in [-0.3, -0.25) is 0 Å². The Morgan fingerprint density at radius 1 is 0.773 bits per heavy atom. The number of ether oxygens (including phenoxy) is 5. The minimum absolute atomic E-state index is 0.0164. The second-order valence-corrected chi connectivity index (χ2v) is 3.93. The molecule has 0 aromatic heterocycles. The Morgan fingerprint density at radius 3 is 1.59 bits per heavy atom. The van der Waals surface area contributed by atoms with Gasteiger partial charge in [0.15, 0.2) is 6.23 Å². The van der Waals surface area contributed by atoms with Crippen LogP contribution in [-0.4, -0.2) is 89.1 Å². The van der Waals surface area contributed by atoms with E-state index in [2.05, 4.69) is 10.0 Å². The van der Waals surface area contributed by atoms with Crippen molar-refractivity contribution in [3.05, 3.63) is 10.4 Å². The summed E-state index contributed by atoms with van der Waals surface area (Å²) < 4.78 is 25.8. The minimum Gasteiger partial charge on any atom is -0.394 e. The summed E-state index contributed by atoms with van der Waals surface area (Å²) in [6.07, 6.45) is -1.16. The Bertz CT molecular complexity index is 277. The molecule has 0 radical (unpaired) electrons.